The monoisotopic (exact) mass is 259 g/mol. The summed E-state index contributed by atoms with van der Waals surface area (Å²) in [5, 5.41) is 0. The molecule has 4 N–H and O–H groups in total. The average Bonchev–Trinajstić information content (AvgIpc) is 2.66. The third kappa shape index (κ3) is 2.30. The Labute approximate surface area is 101 Å². The number of rotatable bonds is 3. The SMILES string of the molecule is NC(=O)CC1(c2c[nH]c(=O)[nH]2)SCCCS1. The van der Waals surface area contributed by atoms with Gasteiger partial charge in [0.2, 0.25) is 5.91 Å². The molecule has 0 aromatic carbocycles. The summed E-state index contributed by atoms with van der Waals surface area (Å²) in [4.78, 5) is 27.6. The molecular formula is C9H13N3O2S2. The van der Waals surface area contributed by atoms with Gasteiger partial charge in [-0.1, -0.05) is 0 Å². The van der Waals surface area contributed by atoms with E-state index < -0.39 is 4.08 Å². The number of aromatic nitrogens is 2. The summed E-state index contributed by atoms with van der Waals surface area (Å²) in [5.41, 5.74) is 5.80. The van der Waals surface area contributed by atoms with E-state index in [2.05, 4.69) is 9.97 Å². The molecule has 0 spiro atoms. The van der Waals surface area contributed by atoms with Crippen LogP contribution >= 0.6 is 23.5 Å². The first-order valence-corrected chi connectivity index (χ1v) is 6.94. The van der Waals surface area contributed by atoms with Crippen molar-refractivity contribution in [2.45, 2.75) is 16.9 Å². The lowest BCUT2D eigenvalue weighted by Crippen LogP contribution is -2.30. The van der Waals surface area contributed by atoms with E-state index in [1.807, 2.05) is 0 Å². The number of carbonyl (C=O) groups excluding carboxylic acids is 1. The molecule has 7 heteroatoms. The number of H-pyrrole nitrogens is 2. The Morgan fingerprint density at radius 3 is 2.69 bits per heavy atom. The van der Waals surface area contributed by atoms with Gasteiger partial charge in [-0.2, -0.15) is 0 Å². The summed E-state index contributed by atoms with van der Waals surface area (Å²) in [6.45, 7) is 0. The van der Waals surface area contributed by atoms with E-state index in [1.54, 1.807) is 29.7 Å². The van der Waals surface area contributed by atoms with Crippen LogP contribution in [0.2, 0.25) is 0 Å². The van der Waals surface area contributed by atoms with Crippen molar-refractivity contribution in [2.24, 2.45) is 5.73 Å². The highest BCUT2D eigenvalue weighted by molar-refractivity contribution is 8.18. The Hall–Kier alpha value is -0.820. The Balaban J connectivity index is 2.32. The molecule has 0 saturated carbocycles. The van der Waals surface area contributed by atoms with E-state index >= 15 is 0 Å². The number of amides is 1. The van der Waals surface area contributed by atoms with Crippen LogP contribution in [0.5, 0.6) is 0 Å². The highest BCUT2D eigenvalue weighted by Gasteiger charge is 2.38. The standard InChI is InChI=1S/C9H13N3O2S2/c10-7(13)4-9(15-2-1-3-16-9)6-5-11-8(14)12-6/h5H,1-4H2,(H2,10,13)(H2,11,12,14). The van der Waals surface area contributed by atoms with Gasteiger partial charge in [-0.05, 0) is 17.9 Å². The zero-order chi connectivity index (χ0) is 11.6. The molecule has 1 aliphatic heterocycles. The first-order chi connectivity index (χ1) is 7.62. The van der Waals surface area contributed by atoms with Gasteiger partial charge in [-0.3, -0.25) is 4.79 Å². The third-order valence-corrected chi connectivity index (χ3v) is 5.73. The molecule has 1 amide bonds. The summed E-state index contributed by atoms with van der Waals surface area (Å²) in [6.07, 6.45) is 3.00. The van der Waals surface area contributed by atoms with Crippen LogP contribution in [0.4, 0.5) is 0 Å². The number of nitrogens with two attached hydrogens (primary N) is 1. The highest BCUT2D eigenvalue weighted by Crippen LogP contribution is 2.51. The van der Waals surface area contributed by atoms with E-state index in [-0.39, 0.29) is 18.0 Å². The number of nitrogens with one attached hydrogen (secondary N) is 2. The van der Waals surface area contributed by atoms with Gasteiger partial charge < -0.3 is 15.7 Å². The van der Waals surface area contributed by atoms with Crippen LogP contribution in [0, 0.1) is 0 Å². The Morgan fingerprint density at radius 1 is 1.50 bits per heavy atom. The highest BCUT2D eigenvalue weighted by atomic mass is 32.2. The number of hydrogen-bond acceptors (Lipinski definition) is 4. The molecule has 1 saturated heterocycles. The van der Waals surface area contributed by atoms with Crippen LogP contribution in [-0.2, 0) is 8.87 Å². The molecule has 0 atom stereocenters. The van der Waals surface area contributed by atoms with Gasteiger partial charge in [0.05, 0.1) is 12.1 Å². The van der Waals surface area contributed by atoms with E-state index in [9.17, 15) is 9.59 Å². The Bertz CT molecular complexity index is 434. The smallest absolute Gasteiger partial charge is 0.323 e. The quantitative estimate of drug-likeness (QED) is 0.741. The summed E-state index contributed by atoms with van der Waals surface area (Å²) in [6, 6.07) is 0. The molecule has 5 nitrogen and oxygen atoms in total. The predicted molar refractivity (Wildman–Crippen MR) is 66.4 cm³/mol. The number of primary amides is 1. The van der Waals surface area contributed by atoms with Gasteiger partial charge in [0.25, 0.3) is 0 Å². The second-order valence-electron chi connectivity index (χ2n) is 3.60. The number of thioether (sulfide) groups is 2. The van der Waals surface area contributed by atoms with Crippen LogP contribution in [-0.4, -0.2) is 27.4 Å². The molecule has 0 radical (unpaired) electrons. The molecule has 1 aliphatic rings. The summed E-state index contributed by atoms with van der Waals surface area (Å²) >= 11 is 3.35. The van der Waals surface area contributed by atoms with E-state index in [0.717, 1.165) is 23.6 Å². The zero-order valence-electron chi connectivity index (χ0n) is 8.62. The molecule has 88 valence electrons. The Morgan fingerprint density at radius 2 is 2.19 bits per heavy atom. The molecule has 2 heterocycles. The first-order valence-electron chi connectivity index (χ1n) is 4.97. The first kappa shape index (κ1) is 11.7. The molecule has 16 heavy (non-hydrogen) atoms. The van der Waals surface area contributed by atoms with Crippen molar-refractivity contribution in [3.05, 3.63) is 22.4 Å². The van der Waals surface area contributed by atoms with Crippen molar-refractivity contribution in [3.63, 3.8) is 0 Å². The van der Waals surface area contributed by atoms with Crippen molar-refractivity contribution in [1.29, 1.82) is 0 Å². The third-order valence-electron chi connectivity index (χ3n) is 2.37. The van der Waals surface area contributed by atoms with Crippen LogP contribution in [0.15, 0.2) is 11.0 Å². The fourth-order valence-electron chi connectivity index (χ4n) is 1.69. The number of hydrogen-bond donors (Lipinski definition) is 3. The zero-order valence-corrected chi connectivity index (χ0v) is 10.2. The van der Waals surface area contributed by atoms with Crippen LogP contribution in [0.1, 0.15) is 18.5 Å². The lowest BCUT2D eigenvalue weighted by atomic mass is 10.2. The van der Waals surface area contributed by atoms with Gasteiger partial charge in [0, 0.05) is 6.20 Å². The number of aromatic amines is 2. The normalized spacial score (nSPS) is 19.5. The van der Waals surface area contributed by atoms with Crippen LogP contribution in [0.25, 0.3) is 0 Å². The molecule has 1 aromatic heterocycles. The minimum atomic E-state index is -0.413. The molecule has 1 aromatic rings. The minimum absolute atomic E-state index is 0.245. The van der Waals surface area contributed by atoms with E-state index in [4.69, 9.17) is 5.73 Å². The molecule has 0 bridgehead atoms. The van der Waals surface area contributed by atoms with Crippen molar-refractivity contribution in [3.8, 4) is 0 Å². The fourth-order valence-corrected chi connectivity index (χ4v) is 4.97. The van der Waals surface area contributed by atoms with Gasteiger partial charge >= 0.3 is 5.69 Å². The lowest BCUT2D eigenvalue weighted by molar-refractivity contribution is -0.118. The molecule has 0 unspecified atom stereocenters. The maximum Gasteiger partial charge on any atom is 0.323 e. The second kappa shape index (κ2) is 4.58. The van der Waals surface area contributed by atoms with Gasteiger partial charge in [-0.25, -0.2) is 4.79 Å². The van der Waals surface area contributed by atoms with Crippen molar-refractivity contribution in [1.82, 2.24) is 9.97 Å². The lowest BCUT2D eigenvalue weighted by Gasteiger charge is -2.33. The van der Waals surface area contributed by atoms with Gasteiger partial charge in [-0.15, -0.1) is 23.5 Å². The second-order valence-corrected chi connectivity index (χ2v) is 6.65. The van der Waals surface area contributed by atoms with Crippen molar-refractivity contribution in [2.75, 3.05) is 11.5 Å². The summed E-state index contributed by atoms with van der Waals surface area (Å²) in [7, 11) is 0. The van der Waals surface area contributed by atoms with Gasteiger partial charge in [0.15, 0.2) is 0 Å². The molecule has 0 aliphatic carbocycles. The van der Waals surface area contributed by atoms with E-state index in [1.165, 1.54) is 0 Å². The molecular weight excluding hydrogens is 246 g/mol. The molecule has 1 fully saturated rings. The summed E-state index contributed by atoms with van der Waals surface area (Å²) in [5.74, 6) is 1.62. The number of imidazole rings is 1. The summed E-state index contributed by atoms with van der Waals surface area (Å²) < 4.78 is -0.413. The Kier molecular flexibility index (Phi) is 3.34. The predicted octanol–water partition coefficient (Wildman–Crippen LogP) is 0.601. The number of carbonyl (C=O) groups is 1. The minimum Gasteiger partial charge on any atom is -0.370 e. The average molecular weight is 259 g/mol. The fraction of sp³-hybridized carbons (Fsp3) is 0.556. The maximum absolute atomic E-state index is 11.1. The largest absolute Gasteiger partial charge is 0.370 e. The van der Waals surface area contributed by atoms with Crippen molar-refractivity contribution < 1.29 is 4.79 Å². The maximum atomic E-state index is 11.1. The van der Waals surface area contributed by atoms with Crippen LogP contribution < -0.4 is 11.4 Å². The van der Waals surface area contributed by atoms with Gasteiger partial charge in [0.1, 0.15) is 4.08 Å². The molecule has 2 rings (SSSR count). The topological polar surface area (TPSA) is 91.7 Å². The van der Waals surface area contributed by atoms with Crippen molar-refractivity contribution >= 4 is 29.4 Å². The van der Waals surface area contributed by atoms with Crippen LogP contribution in [0.3, 0.4) is 0 Å². The van der Waals surface area contributed by atoms with E-state index in [0.29, 0.717) is 0 Å².